The number of likely N-dealkylation sites (tertiary alicyclic amines) is 1. The molecule has 0 aromatic heterocycles. The molecule has 1 aromatic rings. The number of hydrogen-bond acceptors (Lipinski definition) is 3. The van der Waals surface area contributed by atoms with Gasteiger partial charge in [-0.1, -0.05) is 26.0 Å². The third-order valence-electron chi connectivity index (χ3n) is 6.43. The smallest absolute Gasteiger partial charge is 0.373 e. The highest BCUT2D eigenvalue weighted by Gasteiger charge is 2.50. The summed E-state index contributed by atoms with van der Waals surface area (Å²) in [5, 5.41) is 0. The summed E-state index contributed by atoms with van der Waals surface area (Å²) in [4.78, 5) is 17.0. The SMILES string of the molecule is CC(C)[C@H]1COC2CN(Cc3ccc(C(F)(F)F)cc3)C[C@H]3CCC(=O)N1C23. The van der Waals surface area contributed by atoms with Crippen molar-refractivity contribution in [1.29, 1.82) is 0 Å². The zero-order valence-corrected chi connectivity index (χ0v) is 16.3. The van der Waals surface area contributed by atoms with E-state index in [-0.39, 0.29) is 24.1 Å². The first kappa shape index (κ1) is 19.7. The molecule has 3 saturated heterocycles. The number of alkyl halides is 3. The Balaban J connectivity index is 1.47. The predicted molar refractivity (Wildman–Crippen MR) is 98.4 cm³/mol. The van der Waals surface area contributed by atoms with Gasteiger partial charge in [-0.3, -0.25) is 9.69 Å². The lowest BCUT2D eigenvalue weighted by Gasteiger charge is -2.56. The molecule has 0 N–H and O–H groups in total. The zero-order chi connectivity index (χ0) is 20.1. The number of piperidine rings is 2. The number of morpholine rings is 1. The molecule has 28 heavy (non-hydrogen) atoms. The Morgan fingerprint density at radius 1 is 1.18 bits per heavy atom. The minimum absolute atomic E-state index is 0.0209. The molecule has 0 bridgehead atoms. The molecule has 0 spiro atoms. The van der Waals surface area contributed by atoms with E-state index < -0.39 is 11.7 Å². The number of halogens is 3. The van der Waals surface area contributed by atoms with Crippen LogP contribution in [0.3, 0.4) is 0 Å². The van der Waals surface area contributed by atoms with Gasteiger partial charge in [0.1, 0.15) is 0 Å². The first-order chi connectivity index (χ1) is 13.2. The van der Waals surface area contributed by atoms with Crippen molar-refractivity contribution in [2.75, 3.05) is 19.7 Å². The first-order valence-electron chi connectivity index (χ1n) is 10.1. The Labute approximate surface area is 163 Å². The Morgan fingerprint density at radius 2 is 1.89 bits per heavy atom. The fourth-order valence-electron chi connectivity index (χ4n) is 5.01. The van der Waals surface area contributed by atoms with Gasteiger partial charge in [-0.2, -0.15) is 13.2 Å². The Morgan fingerprint density at radius 3 is 2.54 bits per heavy atom. The summed E-state index contributed by atoms with van der Waals surface area (Å²) in [6.07, 6.45) is -2.90. The van der Waals surface area contributed by atoms with E-state index in [0.717, 1.165) is 30.7 Å². The highest BCUT2D eigenvalue weighted by atomic mass is 19.4. The van der Waals surface area contributed by atoms with Crippen molar-refractivity contribution in [3.05, 3.63) is 35.4 Å². The molecule has 1 aromatic carbocycles. The summed E-state index contributed by atoms with van der Waals surface area (Å²) in [5.41, 5.74) is 0.248. The van der Waals surface area contributed by atoms with Crippen LogP contribution in [-0.4, -0.2) is 53.6 Å². The molecule has 4 rings (SSSR count). The van der Waals surface area contributed by atoms with E-state index in [1.807, 2.05) is 0 Å². The van der Waals surface area contributed by atoms with Crippen LogP contribution in [0.2, 0.25) is 0 Å². The quantitative estimate of drug-likeness (QED) is 0.783. The van der Waals surface area contributed by atoms with Gasteiger partial charge in [0.25, 0.3) is 0 Å². The topological polar surface area (TPSA) is 32.8 Å². The molecule has 1 amide bonds. The number of carbonyl (C=O) groups excluding carboxylic acids is 1. The van der Waals surface area contributed by atoms with Gasteiger partial charge in [0.05, 0.1) is 30.4 Å². The van der Waals surface area contributed by atoms with Gasteiger partial charge >= 0.3 is 6.18 Å². The number of amides is 1. The van der Waals surface area contributed by atoms with Gasteiger partial charge in [-0.25, -0.2) is 0 Å². The maximum absolute atomic E-state index is 12.8. The van der Waals surface area contributed by atoms with Crippen molar-refractivity contribution >= 4 is 5.91 Å². The van der Waals surface area contributed by atoms with Crippen LogP contribution in [0.5, 0.6) is 0 Å². The molecule has 3 aliphatic rings. The molecular weight excluding hydrogens is 369 g/mol. The number of ether oxygens (including phenoxy) is 1. The van der Waals surface area contributed by atoms with Crippen LogP contribution in [0.4, 0.5) is 13.2 Å². The lowest BCUT2D eigenvalue weighted by molar-refractivity contribution is -0.187. The maximum atomic E-state index is 12.8. The molecule has 2 unspecified atom stereocenters. The maximum Gasteiger partial charge on any atom is 0.416 e. The molecular formula is C21H27F3N2O2. The summed E-state index contributed by atoms with van der Waals surface area (Å²) < 4.78 is 44.5. The summed E-state index contributed by atoms with van der Waals surface area (Å²) >= 11 is 0. The van der Waals surface area contributed by atoms with Crippen LogP contribution < -0.4 is 0 Å². The molecule has 7 heteroatoms. The number of rotatable bonds is 3. The van der Waals surface area contributed by atoms with Crippen molar-refractivity contribution in [3.8, 4) is 0 Å². The first-order valence-corrected chi connectivity index (χ1v) is 10.1. The largest absolute Gasteiger partial charge is 0.416 e. The summed E-state index contributed by atoms with van der Waals surface area (Å²) in [6.45, 7) is 6.97. The summed E-state index contributed by atoms with van der Waals surface area (Å²) in [7, 11) is 0. The van der Waals surface area contributed by atoms with Gasteiger partial charge in [0.2, 0.25) is 5.91 Å². The van der Waals surface area contributed by atoms with Gasteiger partial charge in [0, 0.05) is 26.1 Å². The van der Waals surface area contributed by atoms with Crippen LogP contribution in [0.25, 0.3) is 0 Å². The molecule has 3 fully saturated rings. The molecule has 4 atom stereocenters. The molecule has 154 valence electrons. The average molecular weight is 396 g/mol. The van der Waals surface area contributed by atoms with E-state index in [4.69, 9.17) is 4.74 Å². The average Bonchev–Trinajstić information content (AvgIpc) is 2.64. The molecule has 3 aliphatic heterocycles. The molecule has 0 aliphatic carbocycles. The van der Waals surface area contributed by atoms with Crippen LogP contribution in [0.15, 0.2) is 24.3 Å². The van der Waals surface area contributed by atoms with E-state index in [1.54, 1.807) is 12.1 Å². The number of hydrogen-bond donors (Lipinski definition) is 0. The van der Waals surface area contributed by atoms with E-state index in [2.05, 4.69) is 23.6 Å². The third kappa shape index (κ3) is 3.66. The van der Waals surface area contributed by atoms with Crippen LogP contribution in [-0.2, 0) is 22.3 Å². The summed E-state index contributed by atoms with van der Waals surface area (Å²) in [5.74, 6) is 0.950. The fourth-order valence-corrected chi connectivity index (χ4v) is 5.01. The predicted octanol–water partition coefficient (Wildman–Crippen LogP) is 3.55. The number of benzene rings is 1. The van der Waals surface area contributed by atoms with Crippen LogP contribution in [0.1, 0.15) is 37.8 Å². The summed E-state index contributed by atoms with van der Waals surface area (Å²) in [6, 6.07) is 5.68. The Hall–Kier alpha value is -1.60. The van der Waals surface area contributed by atoms with Crippen molar-refractivity contribution in [2.45, 2.75) is 57.6 Å². The van der Waals surface area contributed by atoms with Crippen molar-refractivity contribution < 1.29 is 22.7 Å². The second-order valence-corrected chi connectivity index (χ2v) is 8.66. The number of carbonyl (C=O) groups is 1. The second kappa shape index (κ2) is 7.34. The van der Waals surface area contributed by atoms with Crippen molar-refractivity contribution in [2.24, 2.45) is 11.8 Å². The lowest BCUT2D eigenvalue weighted by atomic mass is 9.78. The van der Waals surface area contributed by atoms with E-state index >= 15 is 0 Å². The zero-order valence-electron chi connectivity index (χ0n) is 16.3. The highest BCUT2D eigenvalue weighted by molar-refractivity contribution is 5.78. The number of nitrogens with zero attached hydrogens (tertiary/aromatic N) is 2. The van der Waals surface area contributed by atoms with E-state index in [0.29, 0.717) is 38.0 Å². The van der Waals surface area contributed by atoms with Gasteiger partial charge in [-0.05, 0) is 36.0 Å². The fraction of sp³-hybridized carbons (Fsp3) is 0.667. The lowest BCUT2D eigenvalue weighted by Crippen LogP contribution is -2.70. The minimum atomic E-state index is -4.31. The van der Waals surface area contributed by atoms with Crippen molar-refractivity contribution in [3.63, 3.8) is 0 Å². The third-order valence-corrected chi connectivity index (χ3v) is 6.43. The molecule has 3 heterocycles. The molecule has 0 radical (unpaired) electrons. The van der Waals surface area contributed by atoms with Gasteiger partial charge < -0.3 is 9.64 Å². The van der Waals surface area contributed by atoms with Crippen LogP contribution >= 0.6 is 0 Å². The highest BCUT2D eigenvalue weighted by Crippen LogP contribution is 2.39. The van der Waals surface area contributed by atoms with E-state index in [9.17, 15) is 18.0 Å². The Bertz CT molecular complexity index is 711. The normalized spacial score (nSPS) is 31.2. The van der Waals surface area contributed by atoms with Crippen LogP contribution in [0, 0.1) is 11.8 Å². The van der Waals surface area contributed by atoms with Crippen molar-refractivity contribution in [1.82, 2.24) is 9.80 Å². The monoisotopic (exact) mass is 396 g/mol. The van der Waals surface area contributed by atoms with Gasteiger partial charge in [-0.15, -0.1) is 0 Å². The minimum Gasteiger partial charge on any atom is -0.373 e. The standard InChI is InChI=1S/C21H27F3N2O2/c1-13(2)17-12-28-18-11-25(10-15-5-8-19(27)26(17)20(15)18)9-14-3-6-16(7-4-14)21(22,23)24/h3-4,6-7,13,15,17-18,20H,5,8-12H2,1-2H3/t15-,17-,18?,20?/m1/s1. The molecule has 4 nitrogen and oxygen atoms in total. The second-order valence-electron chi connectivity index (χ2n) is 8.66. The van der Waals surface area contributed by atoms with E-state index in [1.165, 1.54) is 0 Å². The molecule has 0 saturated carbocycles. The Kier molecular flexibility index (Phi) is 5.16. The van der Waals surface area contributed by atoms with Gasteiger partial charge in [0.15, 0.2) is 0 Å².